The quantitative estimate of drug-likeness (QED) is 0.533. The van der Waals surface area contributed by atoms with Crippen LogP contribution in [0.1, 0.15) is 57.1 Å². The molecule has 2 rings (SSSR count). The summed E-state index contributed by atoms with van der Waals surface area (Å²) < 4.78 is 29.8. The number of hydrogen-bond acceptors (Lipinski definition) is 3. The van der Waals surface area contributed by atoms with Gasteiger partial charge in [0.15, 0.2) is 0 Å². The van der Waals surface area contributed by atoms with Crippen molar-refractivity contribution < 1.29 is 12.6 Å². The predicted octanol–water partition coefficient (Wildman–Crippen LogP) is 5.05. The molecule has 0 saturated carbocycles. The van der Waals surface area contributed by atoms with E-state index >= 15 is 0 Å². The van der Waals surface area contributed by atoms with Gasteiger partial charge in [-0.05, 0) is 51.2 Å². The minimum Gasteiger partial charge on any atom is -0.270 e. The summed E-state index contributed by atoms with van der Waals surface area (Å²) in [6.07, 6.45) is 11.4. The smallest absolute Gasteiger partial charge is 0.270 e. The summed E-state index contributed by atoms with van der Waals surface area (Å²) in [6.45, 7) is 6.30. The molecule has 0 bridgehead atoms. The Morgan fingerprint density at radius 3 is 2.67 bits per heavy atom. The normalized spacial score (nSPS) is 21.9. The molecule has 24 heavy (non-hydrogen) atoms. The van der Waals surface area contributed by atoms with Gasteiger partial charge in [-0.25, -0.2) is 0 Å². The molecule has 0 saturated heterocycles. The van der Waals surface area contributed by atoms with E-state index in [1.807, 2.05) is 19.1 Å². The summed E-state index contributed by atoms with van der Waals surface area (Å²) in [5.74, 6) is 0. The molecule has 132 valence electrons. The van der Waals surface area contributed by atoms with Gasteiger partial charge in [-0.15, -0.1) is 0 Å². The maximum Gasteiger partial charge on any atom is 0.297 e. The van der Waals surface area contributed by atoms with Crippen LogP contribution >= 0.6 is 0 Å². The summed E-state index contributed by atoms with van der Waals surface area (Å²) in [5.41, 5.74) is 2.93. The van der Waals surface area contributed by atoms with E-state index in [4.69, 9.17) is 4.18 Å². The molecule has 0 amide bonds. The first-order chi connectivity index (χ1) is 11.4. The van der Waals surface area contributed by atoms with Crippen LogP contribution in [0.25, 0.3) is 0 Å². The van der Waals surface area contributed by atoms with Gasteiger partial charge in [0.1, 0.15) is 0 Å². The van der Waals surface area contributed by atoms with Crippen molar-refractivity contribution in [2.75, 3.05) is 7.11 Å². The molecule has 1 aliphatic rings. The second-order valence-electron chi connectivity index (χ2n) is 6.59. The van der Waals surface area contributed by atoms with Gasteiger partial charge in [-0.1, -0.05) is 54.8 Å². The van der Waals surface area contributed by atoms with Gasteiger partial charge in [-0.3, -0.25) is 4.18 Å². The Kier molecular flexibility index (Phi) is 6.05. The highest BCUT2D eigenvalue weighted by Crippen LogP contribution is 2.45. The lowest BCUT2D eigenvalue weighted by molar-refractivity contribution is 0.390. The third-order valence-corrected chi connectivity index (χ3v) is 6.34. The SMILES string of the molecule is CCCC=C(C)C1(c2cc(C)ccc2S(=O)(=O)OC)CC=CCC1. The number of benzene rings is 1. The Morgan fingerprint density at radius 2 is 2.08 bits per heavy atom. The molecular weight excluding hydrogens is 320 g/mol. The summed E-state index contributed by atoms with van der Waals surface area (Å²) in [5, 5.41) is 0. The molecule has 0 spiro atoms. The van der Waals surface area contributed by atoms with E-state index in [2.05, 4.69) is 32.1 Å². The van der Waals surface area contributed by atoms with Crippen molar-refractivity contribution in [2.24, 2.45) is 0 Å². The van der Waals surface area contributed by atoms with Gasteiger partial charge >= 0.3 is 0 Å². The molecule has 0 aliphatic heterocycles. The van der Waals surface area contributed by atoms with Crippen molar-refractivity contribution in [3.05, 3.63) is 53.1 Å². The van der Waals surface area contributed by atoms with E-state index in [9.17, 15) is 8.42 Å². The first-order valence-electron chi connectivity index (χ1n) is 8.61. The van der Waals surface area contributed by atoms with Gasteiger partial charge in [0, 0.05) is 5.41 Å². The molecule has 1 unspecified atom stereocenters. The maximum atomic E-state index is 12.5. The van der Waals surface area contributed by atoms with Crippen molar-refractivity contribution in [1.29, 1.82) is 0 Å². The number of rotatable bonds is 6. The van der Waals surface area contributed by atoms with Crippen LogP contribution in [0.15, 0.2) is 46.9 Å². The van der Waals surface area contributed by atoms with Crippen LogP contribution in [0.5, 0.6) is 0 Å². The van der Waals surface area contributed by atoms with Crippen LogP contribution in [0, 0.1) is 6.92 Å². The second-order valence-corrected chi connectivity index (χ2v) is 8.27. The van der Waals surface area contributed by atoms with Crippen LogP contribution < -0.4 is 0 Å². The van der Waals surface area contributed by atoms with E-state index < -0.39 is 10.1 Å². The second kappa shape index (κ2) is 7.66. The summed E-state index contributed by atoms with van der Waals surface area (Å²) in [6, 6.07) is 5.55. The Bertz CT molecular complexity index is 744. The fraction of sp³-hybridized carbons (Fsp3) is 0.500. The molecule has 1 aromatic carbocycles. The van der Waals surface area contributed by atoms with Crippen LogP contribution in [-0.2, 0) is 19.7 Å². The van der Waals surface area contributed by atoms with Crippen LogP contribution in [-0.4, -0.2) is 15.5 Å². The summed E-state index contributed by atoms with van der Waals surface area (Å²) in [7, 11) is -2.51. The molecule has 1 aromatic rings. The van der Waals surface area contributed by atoms with Gasteiger partial charge in [0.2, 0.25) is 0 Å². The van der Waals surface area contributed by atoms with E-state index in [-0.39, 0.29) is 5.41 Å². The maximum absolute atomic E-state index is 12.5. The van der Waals surface area contributed by atoms with Crippen molar-refractivity contribution in [3.8, 4) is 0 Å². The Hall–Kier alpha value is -1.39. The number of hydrogen-bond donors (Lipinski definition) is 0. The Morgan fingerprint density at radius 1 is 1.33 bits per heavy atom. The fourth-order valence-corrected chi connectivity index (χ4v) is 4.47. The van der Waals surface area contributed by atoms with E-state index in [1.54, 1.807) is 6.07 Å². The highest BCUT2D eigenvalue weighted by atomic mass is 32.2. The third kappa shape index (κ3) is 3.65. The largest absolute Gasteiger partial charge is 0.297 e. The van der Waals surface area contributed by atoms with Crippen molar-refractivity contribution >= 4 is 10.1 Å². The average Bonchev–Trinajstić information content (AvgIpc) is 2.59. The van der Waals surface area contributed by atoms with Crippen molar-refractivity contribution in [3.63, 3.8) is 0 Å². The van der Waals surface area contributed by atoms with Crippen LogP contribution in [0.3, 0.4) is 0 Å². The molecule has 3 nitrogen and oxygen atoms in total. The van der Waals surface area contributed by atoms with Gasteiger partial charge < -0.3 is 0 Å². The molecule has 0 aromatic heterocycles. The minimum atomic E-state index is -3.74. The van der Waals surface area contributed by atoms with Gasteiger partial charge in [-0.2, -0.15) is 8.42 Å². The topological polar surface area (TPSA) is 43.4 Å². The lowest BCUT2D eigenvalue weighted by Crippen LogP contribution is -2.31. The molecule has 0 N–H and O–H groups in total. The predicted molar refractivity (Wildman–Crippen MR) is 98.7 cm³/mol. The van der Waals surface area contributed by atoms with E-state index in [1.165, 1.54) is 12.7 Å². The van der Waals surface area contributed by atoms with Crippen molar-refractivity contribution in [1.82, 2.24) is 0 Å². The minimum absolute atomic E-state index is 0.267. The Balaban J connectivity index is 2.72. The van der Waals surface area contributed by atoms with Gasteiger partial charge in [0.25, 0.3) is 10.1 Å². The average molecular weight is 349 g/mol. The lowest BCUT2D eigenvalue weighted by atomic mass is 9.66. The number of unbranched alkanes of at least 4 members (excludes halogenated alkanes) is 1. The monoisotopic (exact) mass is 348 g/mol. The number of allylic oxidation sites excluding steroid dienone is 4. The molecule has 1 atom stereocenters. The molecule has 0 heterocycles. The van der Waals surface area contributed by atoms with Crippen LogP contribution in [0.4, 0.5) is 0 Å². The molecule has 0 fully saturated rings. The standard InChI is InChI=1S/C20H28O3S/c1-5-6-10-17(3)20(13-8-7-9-14-20)18-15-16(2)11-12-19(18)24(21,22)23-4/h7-8,10-12,15H,5-6,9,13-14H2,1-4H3. The molecule has 0 radical (unpaired) electrons. The van der Waals surface area contributed by atoms with E-state index in [0.717, 1.165) is 43.2 Å². The zero-order valence-electron chi connectivity index (χ0n) is 15.1. The molecule has 1 aliphatic carbocycles. The Labute approximate surface area is 146 Å². The first kappa shape index (κ1) is 18.9. The summed E-state index contributed by atoms with van der Waals surface area (Å²) >= 11 is 0. The third-order valence-electron chi connectivity index (χ3n) is 5.00. The first-order valence-corrected chi connectivity index (χ1v) is 10.0. The van der Waals surface area contributed by atoms with Gasteiger partial charge in [0.05, 0.1) is 12.0 Å². The highest BCUT2D eigenvalue weighted by molar-refractivity contribution is 7.86. The highest BCUT2D eigenvalue weighted by Gasteiger charge is 2.38. The fourth-order valence-electron chi connectivity index (χ4n) is 3.53. The van der Waals surface area contributed by atoms with Crippen LogP contribution in [0.2, 0.25) is 0 Å². The zero-order valence-corrected chi connectivity index (χ0v) is 15.9. The molecular formula is C20H28O3S. The van der Waals surface area contributed by atoms with E-state index in [0.29, 0.717) is 4.90 Å². The lowest BCUT2D eigenvalue weighted by Gasteiger charge is -2.38. The molecule has 4 heteroatoms. The number of aryl methyl sites for hydroxylation is 1. The van der Waals surface area contributed by atoms with Crippen molar-refractivity contribution in [2.45, 2.75) is 63.2 Å². The zero-order chi connectivity index (χ0) is 17.8. The summed E-state index contributed by atoms with van der Waals surface area (Å²) in [4.78, 5) is 0.301.